The van der Waals surface area contributed by atoms with Crippen LogP contribution in [0, 0.1) is 52.3 Å². The predicted octanol–water partition coefficient (Wildman–Crippen LogP) is 8.09. The second-order valence-corrected chi connectivity index (χ2v) is 16.9. The van der Waals surface area contributed by atoms with Gasteiger partial charge in [0.25, 0.3) is 0 Å². The number of rotatable bonds is 13. The summed E-state index contributed by atoms with van der Waals surface area (Å²) in [6, 6.07) is 0. The summed E-state index contributed by atoms with van der Waals surface area (Å²) < 4.78 is 11.0. The third kappa shape index (κ3) is 7.69. The molecule has 47 heavy (non-hydrogen) atoms. The van der Waals surface area contributed by atoms with E-state index >= 15 is 0 Å². The molecule has 264 valence electrons. The van der Waals surface area contributed by atoms with E-state index in [9.17, 15) is 19.2 Å². The van der Waals surface area contributed by atoms with Gasteiger partial charge in [-0.25, -0.2) is 0 Å². The van der Waals surface area contributed by atoms with Crippen LogP contribution in [0.1, 0.15) is 138 Å². The van der Waals surface area contributed by atoms with E-state index in [0.717, 1.165) is 54.8 Å². The lowest BCUT2D eigenvalue weighted by Crippen LogP contribution is -2.51. The third-order valence-electron chi connectivity index (χ3n) is 13.6. The first kappa shape index (κ1) is 36.1. The molecule has 4 aliphatic carbocycles. The zero-order valence-electron chi connectivity index (χ0n) is 30.3. The van der Waals surface area contributed by atoms with Gasteiger partial charge in [-0.05, 0) is 111 Å². The molecule has 7 nitrogen and oxygen atoms in total. The maximum atomic E-state index is 12.8. The molecule has 0 spiro atoms. The number of hydrogen-bond donors (Lipinski definition) is 0. The molecule has 1 amide bonds. The lowest BCUT2D eigenvalue weighted by atomic mass is 9.47. The van der Waals surface area contributed by atoms with Gasteiger partial charge in [0.05, 0.1) is 13.2 Å². The van der Waals surface area contributed by atoms with E-state index in [2.05, 4.69) is 40.7 Å². The number of hydrogen-bond acceptors (Lipinski definition) is 6. The van der Waals surface area contributed by atoms with E-state index in [1.807, 2.05) is 0 Å². The number of nitrogens with zero attached hydrogens (tertiary/aromatic N) is 1. The summed E-state index contributed by atoms with van der Waals surface area (Å²) in [7, 11) is 0. The van der Waals surface area contributed by atoms with Crippen molar-refractivity contribution in [1.82, 2.24) is 4.90 Å². The molecule has 0 radical (unpaired) electrons. The normalized spacial score (nSPS) is 35.5. The second kappa shape index (κ2) is 15.2. The second-order valence-electron chi connectivity index (χ2n) is 16.9. The van der Waals surface area contributed by atoms with E-state index in [1.54, 1.807) is 6.92 Å². The van der Waals surface area contributed by atoms with E-state index in [0.29, 0.717) is 24.7 Å². The molecule has 5 rings (SSSR count). The molecule has 5 aliphatic rings. The maximum absolute atomic E-state index is 12.8. The molecule has 1 saturated heterocycles. The van der Waals surface area contributed by atoms with Crippen LogP contribution in [0.15, 0.2) is 11.6 Å². The quantitative estimate of drug-likeness (QED) is 0.0864. The highest BCUT2D eigenvalue weighted by Gasteiger charge is 2.59. The number of unbranched alkanes of at least 4 members (excludes halogenated alkanes) is 1. The molecular weight excluding hydrogens is 590 g/mol. The van der Waals surface area contributed by atoms with Crippen LogP contribution in [-0.2, 0) is 28.7 Å². The Morgan fingerprint density at radius 2 is 1.72 bits per heavy atom. The number of fused-ring (bicyclic) bond motifs is 5. The van der Waals surface area contributed by atoms with Crippen LogP contribution < -0.4 is 0 Å². The number of carbonyl (C=O) groups excluding carboxylic acids is 4. The van der Waals surface area contributed by atoms with Gasteiger partial charge >= 0.3 is 11.9 Å². The number of ether oxygens (including phenoxy) is 2. The molecule has 0 aromatic rings. The fourth-order valence-electron chi connectivity index (χ4n) is 11.0. The summed E-state index contributed by atoms with van der Waals surface area (Å²) in [4.78, 5) is 51.0. The molecule has 3 saturated carbocycles. The average molecular weight is 654 g/mol. The van der Waals surface area contributed by atoms with Gasteiger partial charge in [-0.15, -0.1) is 0 Å². The molecule has 4 fully saturated rings. The average Bonchev–Trinajstić information content (AvgIpc) is 3.59. The predicted molar refractivity (Wildman–Crippen MR) is 183 cm³/mol. The van der Waals surface area contributed by atoms with Crippen molar-refractivity contribution in [3.8, 4) is 0 Å². The van der Waals surface area contributed by atoms with Crippen molar-refractivity contribution in [2.75, 3.05) is 19.7 Å². The van der Waals surface area contributed by atoms with Crippen LogP contribution >= 0.6 is 0 Å². The Kier molecular flexibility index (Phi) is 11.6. The largest absolute Gasteiger partial charge is 0.465 e. The van der Waals surface area contributed by atoms with Gasteiger partial charge in [0.15, 0.2) is 5.78 Å². The Labute approximate surface area is 284 Å². The van der Waals surface area contributed by atoms with Gasteiger partial charge in [-0.1, -0.05) is 65.5 Å². The molecule has 0 N–H and O–H groups in total. The first-order valence-electron chi connectivity index (χ1n) is 19.2. The van der Waals surface area contributed by atoms with Gasteiger partial charge in [0.1, 0.15) is 12.0 Å². The number of Topliss-reactive ketones (excluding diaryl/α,β-unsaturated/α-hetero) is 1. The highest BCUT2D eigenvalue weighted by molar-refractivity contribution is 6.04. The van der Waals surface area contributed by atoms with Crippen molar-refractivity contribution in [2.24, 2.45) is 52.3 Å². The Balaban J connectivity index is 1.06. The molecule has 1 heterocycles. The SMILES string of the molecule is CCOC(=O)C1CN(C(=O)CCCCC(=O)O[C@H]2CC[C@@]3(C)C(=CCC4C3CC[C@@]3(C)C4CC[C@@H]3C(C)CCCC(C)C)C2)CC1=O. The number of carbonyl (C=O) groups is 4. The Morgan fingerprint density at radius 3 is 2.47 bits per heavy atom. The third-order valence-corrected chi connectivity index (χ3v) is 13.6. The van der Waals surface area contributed by atoms with Crippen molar-refractivity contribution in [3.05, 3.63) is 11.6 Å². The van der Waals surface area contributed by atoms with E-state index in [1.165, 1.54) is 61.8 Å². The van der Waals surface area contributed by atoms with Crippen LogP contribution in [0.25, 0.3) is 0 Å². The monoisotopic (exact) mass is 653 g/mol. The van der Waals surface area contributed by atoms with Crippen molar-refractivity contribution in [1.29, 1.82) is 0 Å². The smallest absolute Gasteiger partial charge is 0.318 e. The Morgan fingerprint density at radius 1 is 0.957 bits per heavy atom. The summed E-state index contributed by atoms with van der Waals surface area (Å²) in [5.74, 6) is 2.89. The lowest BCUT2D eigenvalue weighted by Gasteiger charge is -2.58. The fraction of sp³-hybridized carbons (Fsp3) is 0.850. The van der Waals surface area contributed by atoms with Crippen molar-refractivity contribution < 1.29 is 28.7 Å². The van der Waals surface area contributed by atoms with Crippen LogP contribution in [0.2, 0.25) is 0 Å². The van der Waals surface area contributed by atoms with Crippen LogP contribution in [0.5, 0.6) is 0 Å². The lowest BCUT2D eigenvalue weighted by molar-refractivity contribution is -0.152. The van der Waals surface area contributed by atoms with E-state index in [4.69, 9.17) is 9.47 Å². The Hall–Kier alpha value is -2.18. The summed E-state index contributed by atoms with van der Waals surface area (Å²) in [6.45, 7) is 14.4. The summed E-state index contributed by atoms with van der Waals surface area (Å²) >= 11 is 0. The number of amides is 1. The molecule has 0 bridgehead atoms. The number of likely N-dealkylation sites (tertiary alicyclic amines) is 1. The first-order chi connectivity index (χ1) is 22.4. The summed E-state index contributed by atoms with van der Waals surface area (Å²) in [5.41, 5.74) is 2.27. The topological polar surface area (TPSA) is 90.0 Å². The number of esters is 2. The van der Waals surface area contributed by atoms with Crippen molar-refractivity contribution in [3.63, 3.8) is 0 Å². The van der Waals surface area contributed by atoms with Gasteiger partial charge < -0.3 is 14.4 Å². The molecule has 0 aromatic heterocycles. The minimum absolute atomic E-state index is 0.0410. The van der Waals surface area contributed by atoms with Crippen molar-refractivity contribution in [2.45, 2.75) is 144 Å². The zero-order chi connectivity index (χ0) is 33.9. The Bertz CT molecular complexity index is 1190. The van der Waals surface area contributed by atoms with Crippen LogP contribution in [0.4, 0.5) is 0 Å². The number of allylic oxidation sites excluding steroid dienone is 1. The van der Waals surface area contributed by atoms with Gasteiger partial charge in [0.2, 0.25) is 5.91 Å². The maximum Gasteiger partial charge on any atom is 0.318 e. The standard InChI is InChI=1S/C40H63NO6/c1-7-46-38(45)31-24-41(25-35(31)42)36(43)13-8-9-14-37(44)47-29-19-21-39(5)28(23-29)15-16-30-33-18-17-32(27(4)12-10-11-26(2)3)40(33,6)22-20-34(30)39/h15,26-27,29-34H,7-14,16-25H2,1-6H3/t27?,29-,30?,31?,32+,33?,34?,39-,40+/m0/s1. The minimum atomic E-state index is -0.872. The highest BCUT2D eigenvalue weighted by Crippen LogP contribution is 2.67. The van der Waals surface area contributed by atoms with Crippen LogP contribution in [-0.4, -0.2) is 54.3 Å². The molecule has 7 heteroatoms. The molecule has 5 unspecified atom stereocenters. The van der Waals surface area contributed by atoms with Crippen LogP contribution in [0.3, 0.4) is 0 Å². The van der Waals surface area contributed by atoms with E-state index < -0.39 is 11.9 Å². The number of ketones is 1. The highest BCUT2D eigenvalue weighted by atomic mass is 16.5. The first-order valence-corrected chi connectivity index (χ1v) is 19.2. The zero-order valence-corrected chi connectivity index (χ0v) is 30.3. The molecule has 0 aromatic carbocycles. The fourth-order valence-corrected chi connectivity index (χ4v) is 11.0. The summed E-state index contributed by atoms with van der Waals surface area (Å²) in [5, 5.41) is 0. The molecular formula is C40H63NO6. The van der Waals surface area contributed by atoms with Gasteiger partial charge in [-0.2, -0.15) is 0 Å². The molecule has 9 atom stereocenters. The van der Waals surface area contributed by atoms with Gasteiger partial charge in [-0.3, -0.25) is 19.2 Å². The molecule has 1 aliphatic heterocycles. The summed E-state index contributed by atoms with van der Waals surface area (Å²) in [6.07, 6.45) is 18.0. The van der Waals surface area contributed by atoms with Gasteiger partial charge in [0, 0.05) is 25.8 Å². The van der Waals surface area contributed by atoms with E-state index in [-0.39, 0.29) is 55.3 Å². The minimum Gasteiger partial charge on any atom is -0.465 e. The van der Waals surface area contributed by atoms with Crippen molar-refractivity contribution >= 4 is 23.6 Å².